The number of hydrogen-bond donors (Lipinski definition) is 0. The van der Waals surface area contributed by atoms with Crippen molar-refractivity contribution in [2.24, 2.45) is 7.05 Å². The van der Waals surface area contributed by atoms with Crippen LogP contribution in [-0.4, -0.2) is 24.9 Å². The van der Waals surface area contributed by atoms with E-state index in [-0.39, 0.29) is 5.78 Å². The molecule has 96 valence electrons. The van der Waals surface area contributed by atoms with E-state index < -0.39 is 0 Å². The smallest absolute Gasteiger partial charge is 0.180 e. The van der Waals surface area contributed by atoms with Crippen molar-refractivity contribution < 1.29 is 4.79 Å². The molecule has 0 fully saturated rings. The molecule has 6 heteroatoms. The quantitative estimate of drug-likeness (QED) is 0.683. The molecule has 0 atom stereocenters. The van der Waals surface area contributed by atoms with Gasteiger partial charge >= 0.3 is 0 Å². The minimum atomic E-state index is -0.0478. The molecular weight excluding hydrogens is 308 g/mol. The van der Waals surface area contributed by atoms with Gasteiger partial charge in [-0.15, -0.1) is 0 Å². The third kappa shape index (κ3) is 2.08. The Kier molecular flexibility index (Phi) is 2.74. The Balaban J connectivity index is 2.16. The molecule has 3 rings (SSSR count). The van der Waals surface area contributed by atoms with Crippen molar-refractivity contribution >= 4 is 27.4 Å². The first-order valence-electron chi connectivity index (χ1n) is 5.74. The van der Waals surface area contributed by atoms with Gasteiger partial charge in [0, 0.05) is 30.8 Å². The standard InChI is InChI=1S/C13H11BrN4O/c1-8(19)10-5-12(17(2)16-10)11-7-18-6-9(14)3-4-13(18)15-11/h3-7H,1-2H3. The Labute approximate surface area is 118 Å². The maximum atomic E-state index is 11.4. The molecule has 0 spiro atoms. The van der Waals surface area contributed by atoms with Crippen LogP contribution < -0.4 is 0 Å². The van der Waals surface area contributed by atoms with E-state index in [0.717, 1.165) is 21.5 Å². The normalized spacial score (nSPS) is 11.1. The van der Waals surface area contributed by atoms with Crippen molar-refractivity contribution in [3.05, 3.63) is 40.8 Å². The number of rotatable bonds is 2. The second-order valence-corrected chi connectivity index (χ2v) is 5.25. The second kappa shape index (κ2) is 4.31. The van der Waals surface area contributed by atoms with Crippen LogP contribution >= 0.6 is 15.9 Å². The number of fused-ring (bicyclic) bond motifs is 1. The zero-order chi connectivity index (χ0) is 13.6. The first-order chi connectivity index (χ1) is 9.04. The van der Waals surface area contributed by atoms with E-state index in [4.69, 9.17) is 0 Å². The predicted octanol–water partition coefficient (Wildman–Crippen LogP) is 2.70. The van der Waals surface area contributed by atoms with Crippen LogP contribution in [-0.2, 0) is 7.05 Å². The number of aryl methyl sites for hydroxylation is 1. The summed E-state index contributed by atoms with van der Waals surface area (Å²) in [6, 6.07) is 5.63. The van der Waals surface area contributed by atoms with Crippen molar-refractivity contribution in [3.8, 4) is 11.4 Å². The fraction of sp³-hybridized carbons (Fsp3) is 0.154. The number of carbonyl (C=O) groups is 1. The number of hydrogen-bond acceptors (Lipinski definition) is 3. The highest BCUT2D eigenvalue weighted by Gasteiger charge is 2.13. The van der Waals surface area contributed by atoms with Gasteiger partial charge in [-0.1, -0.05) is 0 Å². The van der Waals surface area contributed by atoms with E-state index in [2.05, 4.69) is 26.0 Å². The summed E-state index contributed by atoms with van der Waals surface area (Å²) in [6.07, 6.45) is 3.86. The monoisotopic (exact) mass is 318 g/mol. The van der Waals surface area contributed by atoms with Gasteiger partial charge in [0.2, 0.25) is 0 Å². The van der Waals surface area contributed by atoms with Crippen molar-refractivity contribution in [3.63, 3.8) is 0 Å². The van der Waals surface area contributed by atoms with Gasteiger partial charge in [0.1, 0.15) is 17.0 Å². The number of Topliss-reactive ketones (excluding diaryl/α,β-unsaturated/α-hetero) is 1. The van der Waals surface area contributed by atoms with Crippen LogP contribution in [0, 0.1) is 0 Å². The SMILES string of the molecule is CC(=O)c1cc(-c2cn3cc(Br)ccc3n2)n(C)n1. The van der Waals surface area contributed by atoms with Gasteiger partial charge in [-0.3, -0.25) is 9.48 Å². The number of nitrogens with zero attached hydrogens (tertiary/aromatic N) is 4. The topological polar surface area (TPSA) is 52.2 Å². The van der Waals surface area contributed by atoms with Crippen molar-refractivity contribution in [2.45, 2.75) is 6.92 Å². The van der Waals surface area contributed by atoms with Crippen LogP contribution in [0.1, 0.15) is 17.4 Å². The average Bonchev–Trinajstić information content (AvgIpc) is 2.91. The zero-order valence-corrected chi connectivity index (χ0v) is 12.0. The van der Waals surface area contributed by atoms with E-state index in [1.807, 2.05) is 36.0 Å². The summed E-state index contributed by atoms with van der Waals surface area (Å²) in [4.78, 5) is 15.9. The Morgan fingerprint density at radius 1 is 1.32 bits per heavy atom. The summed E-state index contributed by atoms with van der Waals surface area (Å²) >= 11 is 3.42. The van der Waals surface area contributed by atoms with Gasteiger partial charge in [0.25, 0.3) is 0 Å². The average molecular weight is 319 g/mol. The highest BCUT2D eigenvalue weighted by Crippen LogP contribution is 2.21. The molecule has 5 nitrogen and oxygen atoms in total. The summed E-state index contributed by atoms with van der Waals surface area (Å²) < 4.78 is 4.59. The lowest BCUT2D eigenvalue weighted by Crippen LogP contribution is -1.97. The molecule has 0 aromatic carbocycles. The van der Waals surface area contributed by atoms with Crippen molar-refractivity contribution in [2.75, 3.05) is 0 Å². The number of pyridine rings is 1. The Morgan fingerprint density at radius 3 is 2.79 bits per heavy atom. The Morgan fingerprint density at radius 2 is 2.11 bits per heavy atom. The lowest BCUT2D eigenvalue weighted by molar-refractivity contribution is 0.101. The summed E-state index contributed by atoms with van der Waals surface area (Å²) in [5, 5.41) is 4.18. The molecule has 0 aliphatic heterocycles. The molecular formula is C13H11BrN4O. The second-order valence-electron chi connectivity index (χ2n) is 4.33. The maximum absolute atomic E-state index is 11.4. The van der Waals surface area contributed by atoms with Gasteiger partial charge < -0.3 is 4.40 Å². The molecule has 0 aliphatic carbocycles. The van der Waals surface area contributed by atoms with Gasteiger partial charge in [0.05, 0.1) is 5.69 Å². The number of imidazole rings is 1. The zero-order valence-electron chi connectivity index (χ0n) is 10.5. The highest BCUT2D eigenvalue weighted by atomic mass is 79.9. The van der Waals surface area contributed by atoms with E-state index in [1.165, 1.54) is 6.92 Å². The fourth-order valence-corrected chi connectivity index (χ4v) is 2.32. The van der Waals surface area contributed by atoms with Crippen LogP contribution in [0.2, 0.25) is 0 Å². The van der Waals surface area contributed by atoms with Gasteiger partial charge in [0.15, 0.2) is 5.78 Å². The first kappa shape index (κ1) is 12.1. The van der Waals surface area contributed by atoms with E-state index >= 15 is 0 Å². The Hall–Kier alpha value is -1.95. The van der Waals surface area contributed by atoms with Crippen LogP contribution in [0.4, 0.5) is 0 Å². The third-order valence-corrected chi connectivity index (χ3v) is 3.39. The number of aromatic nitrogens is 4. The van der Waals surface area contributed by atoms with E-state index in [1.54, 1.807) is 10.7 Å². The number of halogens is 1. The molecule has 0 bridgehead atoms. The molecule has 0 radical (unpaired) electrons. The molecule has 0 amide bonds. The fourth-order valence-electron chi connectivity index (χ4n) is 1.97. The van der Waals surface area contributed by atoms with Gasteiger partial charge in [-0.05, 0) is 34.1 Å². The van der Waals surface area contributed by atoms with Gasteiger partial charge in [-0.2, -0.15) is 5.10 Å². The summed E-state index contributed by atoms with van der Waals surface area (Å²) in [5.41, 5.74) is 2.92. The number of ketones is 1. The summed E-state index contributed by atoms with van der Waals surface area (Å²) in [7, 11) is 1.81. The first-order valence-corrected chi connectivity index (χ1v) is 6.53. The molecule has 0 saturated carbocycles. The van der Waals surface area contributed by atoms with Crippen molar-refractivity contribution in [1.29, 1.82) is 0 Å². The molecule has 3 aromatic rings. The Bertz CT molecular complexity index is 787. The molecule has 0 aliphatic rings. The lowest BCUT2D eigenvalue weighted by atomic mass is 10.2. The van der Waals surface area contributed by atoms with E-state index in [9.17, 15) is 4.79 Å². The van der Waals surface area contributed by atoms with E-state index in [0.29, 0.717) is 5.69 Å². The minimum Gasteiger partial charge on any atom is -0.305 e. The molecule has 0 N–H and O–H groups in total. The molecule has 0 unspecified atom stereocenters. The molecule has 3 heterocycles. The van der Waals surface area contributed by atoms with Gasteiger partial charge in [-0.25, -0.2) is 4.98 Å². The lowest BCUT2D eigenvalue weighted by Gasteiger charge is -1.94. The van der Waals surface area contributed by atoms with Crippen LogP contribution in [0.3, 0.4) is 0 Å². The molecule has 19 heavy (non-hydrogen) atoms. The third-order valence-electron chi connectivity index (χ3n) is 2.92. The maximum Gasteiger partial charge on any atom is 0.180 e. The summed E-state index contributed by atoms with van der Waals surface area (Å²) in [5.74, 6) is -0.0478. The predicted molar refractivity (Wildman–Crippen MR) is 75.1 cm³/mol. The summed E-state index contributed by atoms with van der Waals surface area (Å²) in [6.45, 7) is 1.51. The highest BCUT2D eigenvalue weighted by molar-refractivity contribution is 9.10. The van der Waals surface area contributed by atoms with Crippen LogP contribution in [0.5, 0.6) is 0 Å². The number of carbonyl (C=O) groups excluding carboxylic acids is 1. The molecule has 0 saturated heterocycles. The van der Waals surface area contributed by atoms with Crippen molar-refractivity contribution in [1.82, 2.24) is 19.2 Å². The van der Waals surface area contributed by atoms with Crippen LogP contribution in [0.15, 0.2) is 35.1 Å². The minimum absolute atomic E-state index is 0.0478. The van der Waals surface area contributed by atoms with Crippen LogP contribution in [0.25, 0.3) is 17.0 Å². The molecule has 3 aromatic heterocycles. The largest absolute Gasteiger partial charge is 0.305 e.